The molecule has 0 aromatic rings. The van der Waals surface area contributed by atoms with Crippen LogP contribution in [0.15, 0.2) is 0 Å². The summed E-state index contributed by atoms with van der Waals surface area (Å²) in [6.45, 7) is 5.39. The smallest absolute Gasteiger partial charge is 0.0681 e. The molecule has 60 valence electrons. The van der Waals surface area contributed by atoms with E-state index in [-0.39, 0.29) is 0 Å². The van der Waals surface area contributed by atoms with Crippen molar-refractivity contribution in [3.63, 3.8) is 0 Å². The van der Waals surface area contributed by atoms with Crippen LogP contribution in [0.2, 0.25) is 0 Å². The van der Waals surface area contributed by atoms with Crippen molar-refractivity contribution in [1.29, 1.82) is 0 Å². The Balaban J connectivity index is 2.04. The highest BCUT2D eigenvalue weighted by atomic mass is 32.2. The fraction of sp³-hybridized carbons (Fsp3) is 1.00. The molecule has 0 aliphatic carbocycles. The van der Waals surface area contributed by atoms with Crippen molar-refractivity contribution in [1.82, 2.24) is 0 Å². The van der Waals surface area contributed by atoms with E-state index in [9.17, 15) is 5.11 Å². The summed E-state index contributed by atoms with van der Waals surface area (Å²) in [6.07, 6.45) is 0. The maximum Gasteiger partial charge on any atom is 0.0681 e. The van der Waals surface area contributed by atoms with Crippen molar-refractivity contribution in [2.24, 2.45) is 0 Å². The highest BCUT2D eigenvalue weighted by Gasteiger charge is 2.22. The molecule has 0 spiro atoms. The average molecular weight is 162 g/mol. The van der Waals surface area contributed by atoms with Gasteiger partial charge >= 0.3 is 0 Å². The third-order valence-corrected chi connectivity index (χ3v) is 2.90. The predicted molar refractivity (Wildman–Crippen MR) is 43.4 cm³/mol. The first-order chi connectivity index (χ1) is 4.58. The maximum absolute atomic E-state index is 9.32. The van der Waals surface area contributed by atoms with Crippen LogP contribution >= 0.6 is 11.8 Å². The number of hydrogen-bond donors (Lipinski definition) is 1. The lowest BCUT2D eigenvalue weighted by molar-refractivity contribution is 0.0445. The molecule has 10 heavy (non-hydrogen) atoms. The molecule has 1 saturated heterocycles. The minimum atomic E-state index is -0.528. The zero-order valence-electron chi connectivity index (χ0n) is 6.46. The van der Waals surface area contributed by atoms with Crippen LogP contribution in [-0.2, 0) is 4.74 Å². The highest BCUT2D eigenvalue weighted by molar-refractivity contribution is 8.00. The third-order valence-electron chi connectivity index (χ3n) is 1.28. The second kappa shape index (κ2) is 3.11. The SMILES string of the molecule is CC(C)(O)CSC1COC1. The van der Waals surface area contributed by atoms with E-state index in [4.69, 9.17) is 4.74 Å². The fourth-order valence-electron chi connectivity index (χ4n) is 0.632. The van der Waals surface area contributed by atoms with Gasteiger partial charge in [-0.15, -0.1) is 0 Å². The summed E-state index contributed by atoms with van der Waals surface area (Å²) in [5.74, 6) is 0.807. The number of ether oxygens (including phenoxy) is 1. The molecule has 3 heteroatoms. The Hall–Kier alpha value is 0.270. The topological polar surface area (TPSA) is 29.5 Å². The molecular formula is C7H14O2S. The Morgan fingerprint density at radius 2 is 2.20 bits per heavy atom. The molecule has 0 radical (unpaired) electrons. The molecule has 0 bridgehead atoms. The molecule has 0 saturated carbocycles. The van der Waals surface area contributed by atoms with Crippen molar-refractivity contribution >= 4 is 11.8 Å². The molecule has 1 aliphatic heterocycles. The van der Waals surface area contributed by atoms with Gasteiger partial charge in [0, 0.05) is 5.75 Å². The zero-order chi connectivity index (χ0) is 7.61. The summed E-state index contributed by atoms with van der Waals surface area (Å²) in [5.41, 5.74) is -0.528. The Kier molecular flexibility index (Phi) is 2.61. The van der Waals surface area contributed by atoms with Gasteiger partial charge in [0.1, 0.15) is 0 Å². The summed E-state index contributed by atoms with van der Waals surface area (Å²) in [6, 6.07) is 0. The lowest BCUT2D eigenvalue weighted by Gasteiger charge is -2.27. The minimum absolute atomic E-state index is 0.528. The zero-order valence-corrected chi connectivity index (χ0v) is 7.28. The summed E-state index contributed by atoms with van der Waals surface area (Å²) in [7, 11) is 0. The Morgan fingerprint density at radius 1 is 1.60 bits per heavy atom. The molecule has 0 amide bonds. The second-order valence-corrected chi connectivity index (χ2v) is 4.57. The van der Waals surface area contributed by atoms with Gasteiger partial charge in [-0.1, -0.05) is 0 Å². The molecule has 1 heterocycles. The van der Waals surface area contributed by atoms with E-state index < -0.39 is 5.60 Å². The first-order valence-corrected chi connectivity index (χ1v) is 4.54. The molecule has 2 nitrogen and oxygen atoms in total. The van der Waals surface area contributed by atoms with Gasteiger partial charge < -0.3 is 9.84 Å². The van der Waals surface area contributed by atoms with Crippen LogP contribution in [0.5, 0.6) is 0 Å². The van der Waals surface area contributed by atoms with Gasteiger partial charge in [-0.3, -0.25) is 0 Å². The Bertz CT molecular complexity index is 105. The standard InChI is InChI=1S/C7H14O2S/c1-7(2,8)5-10-6-3-9-4-6/h6,8H,3-5H2,1-2H3. The van der Waals surface area contributed by atoms with Gasteiger partial charge in [0.25, 0.3) is 0 Å². The first kappa shape index (κ1) is 8.37. The van der Waals surface area contributed by atoms with Gasteiger partial charge in [0.05, 0.1) is 24.1 Å². The van der Waals surface area contributed by atoms with Crippen LogP contribution in [-0.4, -0.2) is 34.9 Å². The predicted octanol–water partition coefficient (Wildman–Crippen LogP) is 0.889. The van der Waals surface area contributed by atoms with Gasteiger partial charge in [0.15, 0.2) is 0 Å². The number of rotatable bonds is 3. The van der Waals surface area contributed by atoms with E-state index in [1.165, 1.54) is 0 Å². The molecule has 1 fully saturated rings. The van der Waals surface area contributed by atoms with E-state index in [2.05, 4.69) is 0 Å². The van der Waals surface area contributed by atoms with Gasteiger partial charge in [0.2, 0.25) is 0 Å². The summed E-state index contributed by atoms with van der Waals surface area (Å²) in [5, 5.41) is 9.96. The van der Waals surface area contributed by atoms with E-state index in [0.717, 1.165) is 19.0 Å². The number of thioether (sulfide) groups is 1. The molecule has 0 aromatic carbocycles. The van der Waals surface area contributed by atoms with Gasteiger partial charge in [-0.2, -0.15) is 11.8 Å². The molecular weight excluding hydrogens is 148 g/mol. The molecule has 0 aromatic heterocycles. The first-order valence-electron chi connectivity index (χ1n) is 3.50. The number of hydrogen-bond acceptors (Lipinski definition) is 3. The fourth-order valence-corrected chi connectivity index (χ4v) is 1.66. The van der Waals surface area contributed by atoms with Crippen molar-refractivity contribution in [2.75, 3.05) is 19.0 Å². The molecule has 1 aliphatic rings. The summed E-state index contributed by atoms with van der Waals surface area (Å²) < 4.78 is 5.00. The Labute approximate surface area is 66.0 Å². The van der Waals surface area contributed by atoms with Crippen LogP contribution in [0.4, 0.5) is 0 Å². The molecule has 0 unspecified atom stereocenters. The Morgan fingerprint density at radius 3 is 2.50 bits per heavy atom. The van der Waals surface area contributed by atoms with E-state index in [0.29, 0.717) is 5.25 Å². The van der Waals surface area contributed by atoms with E-state index >= 15 is 0 Å². The molecule has 1 N–H and O–H groups in total. The number of aliphatic hydroxyl groups is 1. The van der Waals surface area contributed by atoms with Gasteiger partial charge in [-0.05, 0) is 13.8 Å². The van der Waals surface area contributed by atoms with Crippen molar-refractivity contribution < 1.29 is 9.84 Å². The van der Waals surface area contributed by atoms with Crippen LogP contribution in [0.25, 0.3) is 0 Å². The van der Waals surface area contributed by atoms with Crippen LogP contribution < -0.4 is 0 Å². The van der Waals surface area contributed by atoms with Crippen LogP contribution in [0, 0.1) is 0 Å². The highest BCUT2D eigenvalue weighted by Crippen LogP contribution is 2.22. The van der Waals surface area contributed by atoms with E-state index in [1.54, 1.807) is 11.8 Å². The van der Waals surface area contributed by atoms with Crippen LogP contribution in [0.1, 0.15) is 13.8 Å². The monoisotopic (exact) mass is 162 g/mol. The lowest BCUT2D eigenvalue weighted by atomic mass is 10.2. The largest absolute Gasteiger partial charge is 0.390 e. The lowest BCUT2D eigenvalue weighted by Crippen LogP contribution is -2.33. The summed E-state index contributed by atoms with van der Waals surface area (Å²) in [4.78, 5) is 0. The minimum Gasteiger partial charge on any atom is -0.390 e. The maximum atomic E-state index is 9.32. The normalized spacial score (nSPS) is 20.7. The van der Waals surface area contributed by atoms with Crippen molar-refractivity contribution in [3.8, 4) is 0 Å². The average Bonchev–Trinajstić information content (AvgIpc) is 1.56. The molecule has 1 rings (SSSR count). The molecule has 0 atom stereocenters. The third kappa shape index (κ3) is 2.90. The van der Waals surface area contributed by atoms with Gasteiger partial charge in [-0.25, -0.2) is 0 Å². The van der Waals surface area contributed by atoms with Crippen molar-refractivity contribution in [2.45, 2.75) is 24.7 Å². The van der Waals surface area contributed by atoms with Crippen LogP contribution in [0.3, 0.4) is 0 Å². The quantitative estimate of drug-likeness (QED) is 0.668. The second-order valence-electron chi connectivity index (χ2n) is 3.28. The van der Waals surface area contributed by atoms with E-state index in [1.807, 2.05) is 13.8 Å². The van der Waals surface area contributed by atoms with Crippen molar-refractivity contribution in [3.05, 3.63) is 0 Å². The summed E-state index contributed by atoms with van der Waals surface area (Å²) >= 11 is 1.80.